The highest BCUT2D eigenvalue weighted by molar-refractivity contribution is 5.73. The van der Waals surface area contributed by atoms with Crippen molar-refractivity contribution in [2.45, 2.75) is 72.6 Å². The van der Waals surface area contributed by atoms with Crippen molar-refractivity contribution in [1.29, 1.82) is 0 Å². The van der Waals surface area contributed by atoms with Crippen LogP contribution >= 0.6 is 0 Å². The molecule has 0 radical (unpaired) electrons. The first-order chi connectivity index (χ1) is 10.8. The van der Waals surface area contributed by atoms with Crippen molar-refractivity contribution in [3.8, 4) is 0 Å². The zero-order valence-corrected chi connectivity index (χ0v) is 15.3. The van der Waals surface area contributed by atoms with E-state index in [1.165, 1.54) is 32.1 Å². The van der Waals surface area contributed by atoms with Crippen LogP contribution in [0.25, 0.3) is 0 Å². The minimum absolute atomic E-state index is 0.0782. The van der Waals surface area contributed by atoms with E-state index in [0.717, 1.165) is 12.8 Å². The molecule has 0 bridgehead atoms. The Balaban J connectivity index is 3.42. The molecule has 136 valence electrons. The van der Waals surface area contributed by atoms with Gasteiger partial charge in [0.05, 0.1) is 13.2 Å². The molecular weight excluding hydrogens is 296 g/mol. The summed E-state index contributed by atoms with van der Waals surface area (Å²) < 4.78 is 15.1. The summed E-state index contributed by atoms with van der Waals surface area (Å²) in [4.78, 5) is 22.8. The fourth-order valence-corrected chi connectivity index (χ4v) is 1.84. The lowest BCUT2D eigenvalue weighted by Crippen LogP contribution is -2.23. The van der Waals surface area contributed by atoms with Crippen LogP contribution in [0.15, 0.2) is 0 Å². The molecule has 0 aliphatic carbocycles. The van der Waals surface area contributed by atoms with Gasteiger partial charge in [-0.3, -0.25) is 0 Å². The molecule has 0 amide bonds. The van der Waals surface area contributed by atoms with Crippen LogP contribution in [-0.2, 0) is 23.8 Å². The normalized spacial score (nSPS) is 11.3. The van der Waals surface area contributed by atoms with Gasteiger partial charge < -0.3 is 14.2 Å². The Hall–Kier alpha value is -1.10. The molecule has 0 aromatic carbocycles. The lowest BCUT2D eigenvalue weighted by Gasteiger charge is -2.17. The predicted molar refractivity (Wildman–Crippen MR) is 90.2 cm³/mol. The zero-order chi connectivity index (χ0) is 17.6. The number of carbonyl (C=O) groups is 2. The second-order valence-corrected chi connectivity index (χ2v) is 7.06. The molecule has 0 aromatic rings. The van der Waals surface area contributed by atoms with E-state index in [2.05, 4.69) is 6.92 Å². The molecule has 0 N–H and O–H groups in total. The van der Waals surface area contributed by atoms with Crippen LogP contribution in [0, 0.1) is 5.41 Å². The SMILES string of the molecule is CCCCCCCCCOC(=O)COCC(=O)OCC(C)(C)C. The fourth-order valence-electron chi connectivity index (χ4n) is 1.84. The first kappa shape index (κ1) is 21.9. The molecule has 0 rings (SSSR count). The van der Waals surface area contributed by atoms with Crippen molar-refractivity contribution < 1.29 is 23.8 Å². The summed E-state index contributed by atoms with van der Waals surface area (Å²) in [6.07, 6.45) is 8.24. The van der Waals surface area contributed by atoms with Crippen LogP contribution in [0.3, 0.4) is 0 Å². The van der Waals surface area contributed by atoms with E-state index in [1.54, 1.807) is 0 Å². The van der Waals surface area contributed by atoms with Crippen LogP contribution in [0.2, 0.25) is 0 Å². The maximum Gasteiger partial charge on any atom is 0.332 e. The Morgan fingerprint density at radius 2 is 1.30 bits per heavy atom. The summed E-state index contributed by atoms with van der Waals surface area (Å²) in [5, 5.41) is 0. The van der Waals surface area contributed by atoms with E-state index in [4.69, 9.17) is 14.2 Å². The van der Waals surface area contributed by atoms with E-state index in [1.807, 2.05) is 20.8 Å². The fraction of sp³-hybridized carbons (Fsp3) is 0.889. The Labute approximate surface area is 141 Å². The predicted octanol–water partition coefficient (Wildman–Crippen LogP) is 3.89. The average molecular weight is 330 g/mol. The van der Waals surface area contributed by atoms with Crippen LogP contribution in [0.1, 0.15) is 72.6 Å². The van der Waals surface area contributed by atoms with Crippen LogP contribution in [0.5, 0.6) is 0 Å². The smallest absolute Gasteiger partial charge is 0.332 e. The minimum Gasteiger partial charge on any atom is -0.464 e. The third-order valence-electron chi connectivity index (χ3n) is 3.12. The van der Waals surface area contributed by atoms with Crippen molar-refractivity contribution in [1.82, 2.24) is 0 Å². The van der Waals surface area contributed by atoms with Crippen molar-refractivity contribution in [2.75, 3.05) is 26.4 Å². The molecule has 0 spiro atoms. The molecule has 0 aromatic heterocycles. The van der Waals surface area contributed by atoms with Gasteiger partial charge in [0.25, 0.3) is 0 Å². The molecule has 5 heteroatoms. The van der Waals surface area contributed by atoms with Crippen LogP contribution < -0.4 is 0 Å². The third-order valence-corrected chi connectivity index (χ3v) is 3.12. The second-order valence-electron chi connectivity index (χ2n) is 7.06. The number of hydrogen-bond donors (Lipinski definition) is 0. The van der Waals surface area contributed by atoms with Gasteiger partial charge in [-0.2, -0.15) is 0 Å². The molecule has 0 atom stereocenters. The third kappa shape index (κ3) is 17.1. The summed E-state index contributed by atoms with van der Waals surface area (Å²) in [6, 6.07) is 0. The molecule has 23 heavy (non-hydrogen) atoms. The average Bonchev–Trinajstić information content (AvgIpc) is 2.47. The minimum atomic E-state index is -0.459. The Bertz CT molecular complexity index is 320. The standard InChI is InChI=1S/C18H34O5/c1-5-6-7-8-9-10-11-12-22-16(19)13-21-14-17(20)23-15-18(2,3)4/h5-15H2,1-4H3. The van der Waals surface area contributed by atoms with Crippen LogP contribution in [-0.4, -0.2) is 38.4 Å². The Kier molecular flexibility index (Phi) is 12.7. The van der Waals surface area contributed by atoms with Gasteiger partial charge in [0.1, 0.15) is 13.2 Å². The van der Waals surface area contributed by atoms with Crippen molar-refractivity contribution >= 4 is 11.9 Å². The van der Waals surface area contributed by atoms with Gasteiger partial charge in [-0.05, 0) is 11.8 Å². The highest BCUT2D eigenvalue weighted by atomic mass is 16.6. The van der Waals surface area contributed by atoms with Crippen molar-refractivity contribution in [2.24, 2.45) is 5.41 Å². The van der Waals surface area contributed by atoms with Crippen molar-refractivity contribution in [3.63, 3.8) is 0 Å². The van der Waals surface area contributed by atoms with E-state index in [0.29, 0.717) is 13.2 Å². The topological polar surface area (TPSA) is 61.8 Å². The Morgan fingerprint density at radius 1 is 0.783 bits per heavy atom. The highest BCUT2D eigenvalue weighted by Gasteiger charge is 2.14. The van der Waals surface area contributed by atoms with Gasteiger partial charge in [-0.15, -0.1) is 0 Å². The first-order valence-corrected chi connectivity index (χ1v) is 8.74. The molecular formula is C18H34O5. The van der Waals surface area contributed by atoms with E-state index in [-0.39, 0.29) is 18.6 Å². The number of unbranched alkanes of at least 4 members (excludes halogenated alkanes) is 6. The summed E-state index contributed by atoms with van der Waals surface area (Å²) in [7, 11) is 0. The van der Waals surface area contributed by atoms with Gasteiger partial charge in [0.15, 0.2) is 0 Å². The molecule has 0 fully saturated rings. The number of esters is 2. The van der Waals surface area contributed by atoms with Gasteiger partial charge in [-0.25, -0.2) is 9.59 Å². The van der Waals surface area contributed by atoms with Gasteiger partial charge >= 0.3 is 11.9 Å². The maximum absolute atomic E-state index is 11.4. The quantitative estimate of drug-likeness (QED) is 0.379. The largest absolute Gasteiger partial charge is 0.464 e. The molecule has 5 nitrogen and oxygen atoms in total. The summed E-state index contributed by atoms with van der Waals surface area (Å²) in [6.45, 7) is 8.45. The summed E-state index contributed by atoms with van der Waals surface area (Å²) in [5.41, 5.74) is -0.0782. The molecule has 0 saturated heterocycles. The van der Waals surface area contributed by atoms with Crippen molar-refractivity contribution in [3.05, 3.63) is 0 Å². The molecule has 0 aliphatic heterocycles. The lowest BCUT2D eigenvalue weighted by atomic mass is 9.99. The summed E-state index contributed by atoms with van der Waals surface area (Å²) in [5.74, 6) is -0.889. The lowest BCUT2D eigenvalue weighted by molar-refractivity contribution is -0.157. The highest BCUT2D eigenvalue weighted by Crippen LogP contribution is 2.12. The molecule has 0 heterocycles. The monoisotopic (exact) mass is 330 g/mol. The molecule has 0 saturated carbocycles. The first-order valence-electron chi connectivity index (χ1n) is 8.74. The van der Waals surface area contributed by atoms with E-state index >= 15 is 0 Å². The van der Waals surface area contributed by atoms with E-state index < -0.39 is 11.9 Å². The number of ether oxygens (including phenoxy) is 3. The van der Waals surface area contributed by atoms with E-state index in [9.17, 15) is 9.59 Å². The maximum atomic E-state index is 11.4. The molecule has 0 unspecified atom stereocenters. The summed E-state index contributed by atoms with van der Waals surface area (Å²) >= 11 is 0. The number of hydrogen-bond acceptors (Lipinski definition) is 5. The number of carbonyl (C=O) groups excluding carboxylic acids is 2. The Morgan fingerprint density at radius 3 is 1.87 bits per heavy atom. The van der Waals surface area contributed by atoms with Gasteiger partial charge in [-0.1, -0.05) is 66.2 Å². The second kappa shape index (κ2) is 13.3. The number of rotatable bonds is 13. The van der Waals surface area contributed by atoms with Crippen LogP contribution in [0.4, 0.5) is 0 Å². The van der Waals surface area contributed by atoms with Gasteiger partial charge in [0.2, 0.25) is 0 Å². The molecule has 0 aliphatic rings. The zero-order valence-electron chi connectivity index (χ0n) is 15.3. The van der Waals surface area contributed by atoms with Gasteiger partial charge in [0, 0.05) is 0 Å².